The topological polar surface area (TPSA) is 35.5 Å². The quantitative estimate of drug-likeness (QED) is 0.333. The van der Waals surface area contributed by atoms with Gasteiger partial charge in [-0.1, -0.05) is 72.4 Å². The molecule has 0 amide bonds. The molecule has 0 aliphatic heterocycles. The number of methoxy groups -OCH3 is 1. The molecule has 130 valence electrons. The number of para-hydroxylation sites is 1. The Morgan fingerprint density at radius 2 is 1.46 bits per heavy atom. The zero-order valence-electron chi connectivity index (χ0n) is 14.3. The highest BCUT2D eigenvalue weighted by atomic mass is 32.2. The molecule has 3 rings (SSSR count). The van der Waals surface area contributed by atoms with Crippen molar-refractivity contribution in [3.63, 3.8) is 0 Å². The Bertz CT molecular complexity index is 890. The summed E-state index contributed by atoms with van der Waals surface area (Å²) in [4.78, 5) is 13.9. The Hall–Kier alpha value is -2.98. The highest BCUT2D eigenvalue weighted by Crippen LogP contribution is 2.36. The molecule has 4 heteroatoms. The van der Waals surface area contributed by atoms with Crippen LogP contribution in [-0.2, 0) is 9.53 Å². The highest BCUT2D eigenvalue weighted by Gasteiger charge is 2.11. The summed E-state index contributed by atoms with van der Waals surface area (Å²) in [5.41, 5.74) is 0.803. The number of ether oxygens (including phenoxy) is 2. The molecule has 0 heterocycles. The van der Waals surface area contributed by atoms with E-state index in [1.165, 1.54) is 13.2 Å². The smallest absolute Gasteiger partial charge is 0.334 e. The van der Waals surface area contributed by atoms with Crippen molar-refractivity contribution >= 4 is 23.5 Å². The van der Waals surface area contributed by atoms with Crippen molar-refractivity contribution in [2.24, 2.45) is 0 Å². The molecular formula is C22H18O3S. The van der Waals surface area contributed by atoms with E-state index in [9.17, 15) is 4.79 Å². The Labute approximate surface area is 157 Å². The van der Waals surface area contributed by atoms with Crippen LogP contribution in [-0.4, -0.2) is 13.1 Å². The first-order valence-electron chi connectivity index (χ1n) is 8.11. The van der Waals surface area contributed by atoms with Gasteiger partial charge in [0.05, 0.1) is 18.1 Å². The summed E-state index contributed by atoms with van der Waals surface area (Å²) in [5.74, 6) is 0.663. The number of carbonyl (C=O) groups excluding carboxylic acids is 1. The highest BCUT2D eigenvalue weighted by molar-refractivity contribution is 7.99. The van der Waals surface area contributed by atoms with E-state index >= 15 is 0 Å². The minimum atomic E-state index is -0.461. The molecule has 0 bridgehead atoms. The second-order valence-corrected chi connectivity index (χ2v) is 6.48. The third-order valence-corrected chi connectivity index (χ3v) is 4.61. The molecule has 0 aromatic heterocycles. The fraction of sp³-hybridized carbons (Fsp3) is 0.0455. The van der Waals surface area contributed by atoms with Crippen molar-refractivity contribution in [2.75, 3.05) is 7.11 Å². The SMILES string of the molecule is COC(=O)/C=C(\Oc1ccccc1Sc1ccccc1)c1ccccc1. The van der Waals surface area contributed by atoms with Crippen molar-refractivity contribution in [3.05, 3.63) is 96.6 Å². The normalized spacial score (nSPS) is 11.0. The van der Waals surface area contributed by atoms with Crippen LogP contribution in [0.25, 0.3) is 5.76 Å². The van der Waals surface area contributed by atoms with Gasteiger partial charge in [0.15, 0.2) is 0 Å². The van der Waals surface area contributed by atoms with Crippen LogP contribution in [0.2, 0.25) is 0 Å². The summed E-state index contributed by atoms with van der Waals surface area (Å²) in [6, 6.07) is 27.3. The van der Waals surface area contributed by atoms with Gasteiger partial charge < -0.3 is 9.47 Å². The molecule has 0 aliphatic carbocycles. The fourth-order valence-electron chi connectivity index (χ4n) is 2.29. The average Bonchev–Trinajstić information content (AvgIpc) is 2.70. The molecule has 26 heavy (non-hydrogen) atoms. The first kappa shape index (κ1) is 17.8. The molecule has 3 aromatic rings. The van der Waals surface area contributed by atoms with E-state index in [1.54, 1.807) is 11.8 Å². The number of rotatable bonds is 6. The molecule has 0 radical (unpaired) electrons. The van der Waals surface area contributed by atoms with Crippen molar-refractivity contribution < 1.29 is 14.3 Å². The zero-order valence-corrected chi connectivity index (χ0v) is 15.1. The van der Waals surface area contributed by atoms with E-state index in [2.05, 4.69) is 0 Å². The number of esters is 1. The lowest BCUT2D eigenvalue weighted by molar-refractivity contribution is -0.134. The summed E-state index contributed by atoms with van der Waals surface area (Å²) in [6.07, 6.45) is 1.36. The minimum Gasteiger partial charge on any atom is -0.466 e. The molecule has 0 fully saturated rings. The lowest BCUT2D eigenvalue weighted by Gasteiger charge is -2.14. The third kappa shape index (κ3) is 4.77. The standard InChI is InChI=1S/C22H18O3S/c1-24-22(23)16-20(17-10-4-2-5-11-17)25-19-14-8-9-15-21(19)26-18-12-6-3-7-13-18/h2-16H,1H3/b20-16-. The van der Waals surface area contributed by atoms with Gasteiger partial charge >= 0.3 is 5.97 Å². The third-order valence-electron chi connectivity index (χ3n) is 3.55. The number of benzene rings is 3. The maximum Gasteiger partial charge on any atom is 0.334 e. The number of hydrogen-bond donors (Lipinski definition) is 0. The Kier molecular flexibility index (Phi) is 6.12. The minimum absolute atomic E-state index is 0.443. The van der Waals surface area contributed by atoms with E-state index in [4.69, 9.17) is 9.47 Å². The Morgan fingerprint density at radius 1 is 0.846 bits per heavy atom. The van der Waals surface area contributed by atoms with Crippen molar-refractivity contribution in [1.82, 2.24) is 0 Å². The zero-order chi connectivity index (χ0) is 18.2. The van der Waals surface area contributed by atoms with Crippen molar-refractivity contribution in [1.29, 1.82) is 0 Å². The Balaban J connectivity index is 1.92. The second-order valence-electron chi connectivity index (χ2n) is 5.36. The van der Waals surface area contributed by atoms with Crippen LogP contribution in [0.1, 0.15) is 5.56 Å². The molecular weight excluding hydrogens is 344 g/mol. The predicted molar refractivity (Wildman–Crippen MR) is 104 cm³/mol. The van der Waals surface area contributed by atoms with Gasteiger partial charge in [0.25, 0.3) is 0 Å². The molecule has 3 nitrogen and oxygen atoms in total. The van der Waals surface area contributed by atoms with Crippen LogP contribution in [0.4, 0.5) is 0 Å². The van der Waals surface area contributed by atoms with Gasteiger partial charge in [-0.15, -0.1) is 0 Å². The van der Waals surface area contributed by atoms with Gasteiger partial charge in [0, 0.05) is 10.5 Å². The van der Waals surface area contributed by atoms with Crippen LogP contribution in [0.15, 0.2) is 101 Å². The molecule has 0 atom stereocenters. The van der Waals surface area contributed by atoms with Gasteiger partial charge in [-0.25, -0.2) is 4.79 Å². The molecule has 0 spiro atoms. The van der Waals surface area contributed by atoms with Gasteiger partial charge in [-0.05, 0) is 24.3 Å². The summed E-state index contributed by atoms with van der Waals surface area (Å²) < 4.78 is 10.9. The lowest BCUT2D eigenvalue weighted by atomic mass is 10.2. The van der Waals surface area contributed by atoms with Crippen LogP contribution in [0, 0.1) is 0 Å². The molecule has 0 unspecified atom stereocenters. The first-order chi connectivity index (χ1) is 12.8. The fourth-order valence-corrected chi connectivity index (χ4v) is 3.20. The average molecular weight is 362 g/mol. The lowest BCUT2D eigenvalue weighted by Crippen LogP contribution is -2.02. The van der Waals surface area contributed by atoms with Crippen molar-refractivity contribution in [3.8, 4) is 5.75 Å². The van der Waals surface area contributed by atoms with Gasteiger partial charge in [0.1, 0.15) is 11.5 Å². The predicted octanol–water partition coefficient (Wildman–Crippen LogP) is 5.43. The summed E-state index contributed by atoms with van der Waals surface area (Å²) in [6.45, 7) is 0. The Morgan fingerprint density at radius 3 is 2.15 bits per heavy atom. The van der Waals surface area contributed by atoms with Crippen LogP contribution in [0.5, 0.6) is 5.75 Å². The van der Waals surface area contributed by atoms with Crippen molar-refractivity contribution in [2.45, 2.75) is 9.79 Å². The molecule has 0 saturated carbocycles. The summed E-state index contributed by atoms with van der Waals surface area (Å²) >= 11 is 1.61. The molecule has 3 aromatic carbocycles. The molecule has 0 saturated heterocycles. The number of hydrogen-bond acceptors (Lipinski definition) is 4. The van der Waals surface area contributed by atoms with E-state index in [0.717, 1.165) is 15.4 Å². The molecule has 0 N–H and O–H groups in total. The van der Waals surface area contributed by atoms with Gasteiger partial charge in [-0.3, -0.25) is 0 Å². The van der Waals surface area contributed by atoms with Gasteiger partial charge in [0.2, 0.25) is 0 Å². The molecule has 0 aliphatic rings. The maximum atomic E-state index is 11.8. The monoisotopic (exact) mass is 362 g/mol. The largest absolute Gasteiger partial charge is 0.466 e. The summed E-state index contributed by atoms with van der Waals surface area (Å²) in [5, 5.41) is 0. The maximum absolute atomic E-state index is 11.8. The summed E-state index contributed by atoms with van der Waals surface area (Å²) in [7, 11) is 1.35. The second kappa shape index (κ2) is 8.92. The number of carbonyl (C=O) groups is 1. The van der Waals surface area contributed by atoms with E-state index in [-0.39, 0.29) is 0 Å². The first-order valence-corrected chi connectivity index (χ1v) is 8.93. The van der Waals surface area contributed by atoms with E-state index in [1.807, 2.05) is 84.9 Å². The van der Waals surface area contributed by atoms with E-state index < -0.39 is 5.97 Å². The van der Waals surface area contributed by atoms with Crippen LogP contribution < -0.4 is 4.74 Å². The van der Waals surface area contributed by atoms with Crippen LogP contribution in [0.3, 0.4) is 0 Å². The van der Waals surface area contributed by atoms with E-state index in [0.29, 0.717) is 11.5 Å². The van der Waals surface area contributed by atoms with Crippen LogP contribution >= 0.6 is 11.8 Å². The van der Waals surface area contributed by atoms with Gasteiger partial charge in [-0.2, -0.15) is 0 Å².